The number of benzene rings is 2. The van der Waals surface area contributed by atoms with Crippen molar-refractivity contribution in [3.05, 3.63) is 65.7 Å². The standard InChI is InChI=1S/C19H20N2O/c1-13(2)17-18(15-9-7-8-14(3)12-15)20-21(19(17)22)16-10-5-4-6-11-16/h4-13,22H,1-3H3. The van der Waals surface area contributed by atoms with E-state index >= 15 is 0 Å². The topological polar surface area (TPSA) is 38.0 Å². The highest BCUT2D eigenvalue weighted by Gasteiger charge is 2.21. The van der Waals surface area contributed by atoms with Crippen LogP contribution < -0.4 is 0 Å². The first-order valence-electron chi connectivity index (χ1n) is 7.52. The van der Waals surface area contributed by atoms with Gasteiger partial charge in [-0.1, -0.05) is 55.8 Å². The van der Waals surface area contributed by atoms with Crippen LogP contribution in [0.25, 0.3) is 16.9 Å². The number of rotatable bonds is 3. The Balaban J connectivity index is 2.22. The predicted molar refractivity (Wildman–Crippen MR) is 89.5 cm³/mol. The van der Waals surface area contributed by atoms with Crippen LogP contribution in [0.15, 0.2) is 54.6 Å². The van der Waals surface area contributed by atoms with E-state index in [4.69, 9.17) is 0 Å². The Labute approximate surface area is 130 Å². The van der Waals surface area contributed by atoms with E-state index in [1.165, 1.54) is 5.56 Å². The number of hydrogen-bond acceptors (Lipinski definition) is 2. The van der Waals surface area contributed by atoms with Crippen molar-refractivity contribution in [1.82, 2.24) is 9.78 Å². The first-order chi connectivity index (χ1) is 10.6. The summed E-state index contributed by atoms with van der Waals surface area (Å²) in [7, 11) is 0. The predicted octanol–water partition coefficient (Wildman–Crippen LogP) is 4.68. The van der Waals surface area contributed by atoms with Crippen LogP contribution in [0.1, 0.15) is 30.9 Å². The number of aryl methyl sites for hydroxylation is 1. The van der Waals surface area contributed by atoms with Gasteiger partial charge in [0.25, 0.3) is 0 Å². The molecule has 3 nitrogen and oxygen atoms in total. The molecule has 0 aliphatic heterocycles. The largest absolute Gasteiger partial charge is 0.493 e. The van der Waals surface area contributed by atoms with Crippen molar-refractivity contribution in [1.29, 1.82) is 0 Å². The smallest absolute Gasteiger partial charge is 0.218 e. The number of nitrogens with zero attached hydrogens (tertiary/aromatic N) is 2. The molecule has 0 aliphatic rings. The van der Waals surface area contributed by atoms with Gasteiger partial charge in [-0.05, 0) is 31.0 Å². The number of aromatic hydroxyl groups is 1. The van der Waals surface area contributed by atoms with E-state index < -0.39 is 0 Å². The summed E-state index contributed by atoms with van der Waals surface area (Å²) in [4.78, 5) is 0. The first-order valence-corrected chi connectivity index (χ1v) is 7.52. The summed E-state index contributed by atoms with van der Waals surface area (Å²) in [6.45, 7) is 6.21. The summed E-state index contributed by atoms with van der Waals surface area (Å²) in [5, 5.41) is 15.3. The molecule has 1 aromatic heterocycles. The first kappa shape index (κ1) is 14.4. The molecule has 0 atom stereocenters. The zero-order valence-corrected chi connectivity index (χ0v) is 13.1. The Hall–Kier alpha value is -2.55. The Morgan fingerprint density at radius 2 is 1.73 bits per heavy atom. The van der Waals surface area contributed by atoms with E-state index in [9.17, 15) is 5.11 Å². The van der Waals surface area contributed by atoms with E-state index in [0.29, 0.717) is 0 Å². The van der Waals surface area contributed by atoms with Crippen molar-refractivity contribution in [3.8, 4) is 22.8 Å². The monoisotopic (exact) mass is 292 g/mol. The van der Waals surface area contributed by atoms with Crippen molar-refractivity contribution in [2.24, 2.45) is 0 Å². The average molecular weight is 292 g/mol. The third-order valence-corrected chi connectivity index (χ3v) is 3.77. The second-order valence-corrected chi connectivity index (χ2v) is 5.86. The molecular formula is C19H20N2O. The SMILES string of the molecule is Cc1cccc(-c2nn(-c3ccccc3)c(O)c2C(C)C)c1. The minimum absolute atomic E-state index is 0.188. The summed E-state index contributed by atoms with van der Waals surface area (Å²) in [6, 6.07) is 17.9. The second-order valence-electron chi connectivity index (χ2n) is 5.86. The molecule has 0 bridgehead atoms. The maximum absolute atomic E-state index is 10.7. The molecule has 3 aromatic rings. The van der Waals surface area contributed by atoms with Gasteiger partial charge in [-0.15, -0.1) is 0 Å². The molecule has 112 valence electrons. The lowest BCUT2D eigenvalue weighted by Crippen LogP contribution is -1.95. The fourth-order valence-electron chi connectivity index (χ4n) is 2.71. The van der Waals surface area contributed by atoms with Gasteiger partial charge in [-0.3, -0.25) is 0 Å². The van der Waals surface area contributed by atoms with Crippen LogP contribution >= 0.6 is 0 Å². The van der Waals surface area contributed by atoms with Gasteiger partial charge in [-0.2, -0.15) is 5.10 Å². The molecule has 22 heavy (non-hydrogen) atoms. The van der Waals surface area contributed by atoms with E-state index in [1.54, 1.807) is 4.68 Å². The van der Waals surface area contributed by atoms with Gasteiger partial charge < -0.3 is 5.11 Å². The van der Waals surface area contributed by atoms with Gasteiger partial charge in [0.05, 0.1) is 5.69 Å². The van der Waals surface area contributed by atoms with Crippen LogP contribution in [-0.2, 0) is 0 Å². The lowest BCUT2D eigenvalue weighted by atomic mass is 9.98. The van der Waals surface area contributed by atoms with Crippen molar-refractivity contribution < 1.29 is 5.11 Å². The van der Waals surface area contributed by atoms with Gasteiger partial charge in [0.2, 0.25) is 5.88 Å². The van der Waals surface area contributed by atoms with Gasteiger partial charge >= 0.3 is 0 Å². The molecule has 0 saturated carbocycles. The fourth-order valence-corrected chi connectivity index (χ4v) is 2.71. The lowest BCUT2D eigenvalue weighted by Gasteiger charge is -2.07. The highest BCUT2D eigenvalue weighted by molar-refractivity contribution is 5.67. The van der Waals surface area contributed by atoms with Crippen LogP contribution in [0.3, 0.4) is 0 Å². The summed E-state index contributed by atoms with van der Waals surface area (Å²) in [5.41, 5.74) is 4.81. The van der Waals surface area contributed by atoms with Crippen molar-refractivity contribution >= 4 is 0 Å². The molecule has 0 spiro atoms. The van der Waals surface area contributed by atoms with Gasteiger partial charge in [0, 0.05) is 11.1 Å². The zero-order chi connectivity index (χ0) is 15.7. The summed E-state index contributed by atoms with van der Waals surface area (Å²) in [5.74, 6) is 0.408. The molecule has 3 rings (SSSR count). The van der Waals surface area contributed by atoms with Gasteiger partial charge in [0.1, 0.15) is 5.69 Å². The summed E-state index contributed by atoms with van der Waals surface area (Å²) in [6.07, 6.45) is 0. The van der Waals surface area contributed by atoms with Crippen LogP contribution in [0.2, 0.25) is 0 Å². The van der Waals surface area contributed by atoms with Crippen molar-refractivity contribution in [2.45, 2.75) is 26.7 Å². The molecule has 0 aliphatic carbocycles. The normalized spacial score (nSPS) is 11.1. The Morgan fingerprint density at radius 3 is 2.36 bits per heavy atom. The lowest BCUT2D eigenvalue weighted by molar-refractivity contribution is 0.425. The highest BCUT2D eigenvalue weighted by Crippen LogP contribution is 2.37. The average Bonchev–Trinajstić information content (AvgIpc) is 2.86. The van der Waals surface area contributed by atoms with E-state index in [0.717, 1.165) is 22.5 Å². The molecule has 2 aromatic carbocycles. The molecule has 1 heterocycles. The van der Waals surface area contributed by atoms with Crippen molar-refractivity contribution in [2.75, 3.05) is 0 Å². The van der Waals surface area contributed by atoms with Crippen LogP contribution in [0.4, 0.5) is 0 Å². The van der Waals surface area contributed by atoms with E-state index in [-0.39, 0.29) is 11.8 Å². The minimum Gasteiger partial charge on any atom is -0.493 e. The Kier molecular flexibility index (Phi) is 3.72. The Bertz CT molecular complexity index is 788. The van der Waals surface area contributed by atoms with E-state index in [1.807, 2.05) is 42.5 Å². The third-order valence-electron chi connectivity index (χ3n) is 3.77. The maximum Gasteiger partial charge on any atom is 0.218 e. The zero-order valence-electron chi connectivity index (χ0n) is 13.1. The molecule has 0 amide bonds. The number of para-hydroxylation sites is 1. The number of hydrogen-bond donors (Lipinski definition) is 1. The fraction of sp³-hybridized carbons (Fsp3) is 0.211. The van der Waals surface area contributed by atoms with Crippen LogP contribution in [0, 0.1) is 6.92 Å². The molecule has 0 saturated heterocycles. The Morgan fingerprint density at radius 1 is 1.00 bits per heavy atom. The number of aromatic nitrogens is 2. The van der Waals surface area contributed by atoms with E-state index in [2.05, 4.69) is 38.0 Å². The van der Waals surface area contributed by atoms with Gasteiger partial charge in [0.15, 0.2) is 0 Å². The summed E-state index contributed by atoms with van der Waals surface area (Å²) < 4.78 is 1.62. The molecule has 1 N–H and O–H groups in total. The van der Waals surface area contributed by atoms with Crippen LogP contribution in [-0.4, -0.2) is 14.9 Å². The maximum atomic E-state index is 10.7. The quantitative estimate of drug-likeness (QED) is 0.761. The molecule has 3 heteroatoms. The second kappa shape index (κ2) is 5.68. The van der Waals surface area contributed by atoms with Gasteiger partial charge in [-0.25, -0.2) is 4.68 Å². The third kappa shape index (κ3) is 2.50. The molecule has 0 unspecified atom stereocenters. The highest BCUT2D eigenvalue weighted by atomic mass is 16.3. The minimum atomic E-state index is 0.188. The van der Waals surface area contributed by atoms with Crippen molar-refractivity contribution in [3.63, 3.8) is 0 Å². The molecule has 0 radical (unpaired) electrons. The summed E-state index contributed by atoms with van der Waals surface area (Å²) >= 11 is 0. The molecular weight excluding hydrogens is 272 g/mol. The van der Waals surface area contributed by atoms with Crippen LogP contribution in [0.5, 0.6) is 5.88 Å². The molecule has 0 fully saturated rings.